The third-order valence-corrected chi connectivity index (χ3v) is 6.00. The molecule has 3 aromatic heterocycles. The van der Waals surface area contributed by atoms with Gasteiger partial charge in [0.05, 0.1) is 20.3 Å². The van der Waals surface area contributed by atoms with E-state index in [1.165, 1.54) is 28.2 Å². The van der Waals surface area contributed by atoms with Crippen molar-refractivity contribution >= 4 is 67.8 Å². The van der Waals surface area contributed by atoms with Crippen LogP contribution in [0.2, 0.25) is 8.67 Å². The van der Waals surface area contributed by atoms with Gasteiger partial charge in [0, 0.05) is 6.07 Å². The van der Waals surface area contributed by atoms with Crippen LogP contribution in [0.5, 0.6) is 0 Å². The quantitative estimate of drug-likeness (QED) is 0.466. The Morgan fingerprint density at radius 2 is 2.08 bits per heavy atom. The molecule has 0 fully saturated rings. The minimum absolute atomic E-state index is 0.269. The van der Waals surface area contributed by atoms with Crippen molar-refractivity contribution in [3.8, 4) is 5.13 Å². The normalized spacial score (nSPS) is 11.2. The van der Waals surface area contributed by atoms with Crippen molar-refractivity contribution in [2.45, 2.75) is 6.92 Å². The molecule has 132 valence electrons. The Hall–Kier alpha value is -2.00. The largest absolute Gasteiger partial charge is 0.306 e. The first-order valence-electron chi connectivity index (χ1n) is 7.30. The van der Waals surface area contributed by atoms with E-state index in [0.29, 0.717) is 30.0 Å². The molecule has 0 radical (unpaired) electrons. The van der Waals surface area contributed by atoms with E-state index in [1.54, 1.807) is 25.1 Å². The van der Waals surface area contributed by atoms with E-state index in [2.05, 4.69) is 15.4 Å². The summed E-state index contributed by atoms with van der Waals surface area (Å²) >= 11 is 14.3. The number of hydrogen-bond acceptors (Lipinski definition) is 5. The van der Waals surface area contributed by atoms with Gasteiger partial charge in [-0.1, -0.05) is 40.6 Å². The minimum Gasteiger partial charge on any atom is -0.306 e. The van der Waals surface area contributed by atoms with Gasteiger partial charge in [0.2, 0.25) is 5.13 Å². The number of aryl methyl sites for hydroxylation is 1. The molecule has 0 atom stereocenters. The van der Waals surface area contributed by atoms with Crippen LogP contribution < -0.4 is 5.32 Å². The van der Waals surface area contributed by atoms with E-state index < -0.39 is 11.7 Å². The molecule has 5 nitrogen and oxygen atoms in total. The van der Waals surface area contributed by atoms with Gasteiger partial charge in [0.15, 0.2) is 0 Å². The number of anilines is 1. The van der Waals surface area contributed by atoms with Crippen molar-refractivity contribution in [2.24, 2.45) is 0 Å². The molecule has 0 bridgehead atoms. The molecule has 4 rings (SSSR count). The van der Waals surface area contributed by atoms with Gasteiger partial charge in [-0.2, -0.15) is 9.78 Å². The van der Waals surface area contributed by atoms with Gasteiger partial charge in [0.25, 0.3) is 5.91 Å². The maximum atomic E-state index is 13.9. The summed E-state index contributed by atoms with van der Waals surface area (Å²) in [5, 5.41) is 7.56. The molecule has 0 saturated carbocycles. The van der Waals surface area contributed by atoms with Crippen LogP contribution in [0.4, 0.5) is 10.2 Å². The summed E-state index contributed by atoms with van der Waals surface area (Å²) in [4.78, 5) is 16.8. The second-order valence-corrected chi connectivity index (χ2v) is 8.65. The number of aromatic nitrogens is 3. The Kier molecular flexibility index (Phi) is 4.44. The standard InChI is InChI=1S/C16H9Cl2FN4OS2/c1-7-5-12(20-15(24)8-6-11(17)26-14(8)18)23(22-7)16-21-13-9(19)3-2-4-10(13)25-16/h2-6H,1H3,(H,20,24). The number of halogens is 3. The van der Waals surface area contributed by atoms with Crippen molar-refractivity contribution in [2.75, 3.05) is 5.32 Å². The second-order valence-electron chi connectivity index (χ2n) is 5.36. The van der Waals surface area contributed by atoms with Gasteiger partial charge in [-0.25, -0.2) is 9.37 Å². The third-order valence-electron chi connectivity index (χ3n) is 3.51. The first kappa shape index (κ1) is 17.4. The highest BCUT2D eigenvalue weighted by Crippen LogP contribution is 2.32. The monoisotopic (exact) mass is 426 g/mol. The highest BCUT2D eigenvalue weighted by atomic mass is 35.5. The number of carbonyl (C=O) groups is 1. The zero-order chi connectivity index (χ0) is 18.4. The first-order valence-corrected chi connectivity index (χ1v) is 9.69. The average Bonchev–Trinajstić information content (AvgIpc) is 3.25. The van der Waals surface area contributed by atoms with E-state index in [1.807, 2.05) is 0 Å². The summed E-state index contributed by atoms with van der Waals surface area (Å²) in [6.45, 7) is 1.79. The second kappa shape index (κ2) is 6.62. The molecular formula is C16H9Cl2FN4OS2. The first-order chi connectivity index (χ1) is 12.4. The lowest BCUT2D eigenvalue weighted by atomic mass is 10.3. The van der Waals surface area contributed by atoms with Gasteiger partial charge in [-0.3, -0.25) is 4.79 Å². The summed E-state index contributed by atoms with van der Waals surface area (Å²) in [5.74, 6) is -0.406. The molecule has 0 unspecified atom stereocenters. The maximum Gasteiger partial charge on any atom is 0.259 e. The molecule has 3 heterocycles. The summed E-state index contributed by atoms with van der Waals surface area (Å²) in [5.41, 5.74) is 1.22. The van der Waals surface area contributed by atoms with Crippen LogP contribution in [0.1, 0.15) is 16.1 Å². The molecule has 26 heavy (non-hydrogen) atoms. The fourth-order valence-corrected chi connectivity index (χ4v) is 4.81. The average molecular weight is 427 g/mol. The maximum absolute atomic E-state index is 13.9. The van der Waals surface area contributed by atoms with Gasteiger partial charge >= 0.3 is 0 Å². The molecule has 0 aliphatic rings. The molecule has 0 spiro atoms. The number of thiophene rings is 1. The van der Waals surface area contributed by atoms with E-state index in [-0.39, 0.29) is 11.1 Å². The molecule has 1 N–H and O–H groups in total. The zero-order valence-corrected chi connectivity index (χ0v) is 16.2. The number of thiazole rings is 1. The molecular weight excluding hydrogens is 418 g/mol. The van der Waals surface area contributed by atoms with Gasteiger partial charge in [0.1, 0.15) is 21.5 Å². The SMILES string of the molecule is Cc1cc(NC(=O)c2cc(Cl)sc2Cl)n(-c2nc3c(F)cccc3s2)n1. The van der Waals surface area contributed by atoms with E-state index >= 15 is 0 Å². The minimum atomic E-state index is -0.411. The number of para-hydroxylation sites is 1. The Morgan fingerprint density at radius 3 is 2.77 bits per heavy atom. The fraction of sp³-hybridized carbons (Fsp3) is 0.0625. The molecule has 1 aromatic carbocycles. The molecule has 0 aliphatic carbocycles. The summed E-state index contributed by atoms with van der Waals surface area (Å²) in [7, 11) is 0. The number of amides is 1. The Bertz CT molecular complexity index is 1150. The Balaban J connectivity index is 1.73. The van der Waals surface area contributed by atoms with Crippen molar-refractivity contribution in [3.05, 3.63) is 56.1 Å². The smallest absolute Gasteiger partial charge is 0.259 e. The van der Waals surface area contributed by atoms with Crippen LogP contribution in [0, 0.1) is 12.7 Å². The van der Waals surface area contributed by atoms with Crippen LogP contribution in [-0.4, -0.2) is 20.7 Å². The fourth-order valence-electron chi connectivity index (χ4n) is 2.41. The zero-order valence-electron chi connectivity index (χ0n) is 13.1. The van der Waals surface area contributed by atoms with Crippen molar-refractivity contribution in [1.29, 1.82) is 0 Å². The number of fused-ring (bicyclic) bond motifs is 1. The van der Waals surface area contributed by atoms with E-state index in [9.17, 15) is 9.18 Å². The predicted octanol–water partition coefficient (Wildman–Crippen LogP) is 5.55. The predicted molar refractivity (Wildman–Crippen MR) is 104 cm³/mol. The summed E-state index contributed by atoms with van der Waals surface area (Å²) < 4.78 is 16.8. The van der Waals surface area contributed by atoms with Crippen LogP contribution in [0.15, 0.2) is 30.3 Å². The van der Waals surface area contributed by atoms with Gasteiger partial charge < -0.3 is 5.32 Å². The molecule has 10 heteroatoms. The topological polar surface area (TPSA) is 59.8 Å². The lowest BCUT2D eigenvalue weighted by Crippen LogP contribution is -2.14. The third kappa shape index (κ3) is 3.09. The molecule has 0 saturated heterocycles. The lowest BCUT2D eigenvalue weighted by molar-refractivity contribution is 0.102. The lowest BCUT2D eigenvalue weighted by Gasteiger charge is -2.05. The van der Waals surface area contributed by atoms with Gasteiger partial charge in [-0.05, 0) is 25.1 Å². The number of rotatable bonds is 3. The van der Waals surface area contributed by atoms with Gasteiger partial charge in [-0.15, -0.1) is 11.3 Å². The Morgan fingerprint density at radius 1 is 1.27 bits per heavy atom. The number of hydrogen-bond donors (Lipinski definition) is 1. The molecule has 0 aliphatic heterocycles. The van der Waals surface area contributed by atoms with Crippen LogP contribution in [0.25, 0.3) is 15.3 Å². The van der Waals surface area contributed by atoms with Crippen molar-refractivity contribution in [3.63, 3.8) is 0 Å². The van der Waals surface area contributed by atoms with Crippen LogP contribution in [-0.2, 0) is 0 Å². The van der Waals surface area contributed by atoms with Crippen molar-refractivity contribution < 1.29 is 9.18 Å². The van der Waals surface area contributed by atoms with Crippen molar-refractivity contribution in [1.82, 2.24) is 14.8 Å². The van der Waals surface area contributed by atoms with E-state index in [0.717, 1.165) is 11.3 Å². The number of carbonyl (C=O) groups excluding carboxylic acids is 1. The summed E-state index contributed by atoms with van der Waals surface area (Å²) in [6.07, 6.45) is 0. The highest BCUT2D eigenvalue weighted by Gasteiger charge is 2.19. The number of nitrogens with one attached hydrogen (secondary N) is 1. The number of nitrogens with zero attached hydrogens (tertiary/aromatic N) is 3. The highest BCUT2D eigenvalue weighted by molar-refractivity contribution is 7.21. The summed E-state index contributed by atoms with van der Waals surface area (Å²) in [6, 6.07) is 7.96. The Labute approximate surface area is 165 Å². The van der Waals surface area contributed by atoms with Crippen LogP contribution >= 0.6 is 45.9 Å². The van der Waals surface area contributed by atoms with Crippen LogP contribution in [0.3, 0.4) is 0 Å². The molecule has 4 aromatic rings. The number of benzene rings is 1. The van der Waals surface area contributed by atoms with E-state index in [4.69, 9.17) is 23.2 Å². The molecule has 1 amide bonds.